The van der Waals surface area contributed by atoms with Gasteiger partial charge in [0.05, 0.1) is 24.4 Å². The van der Waals surface area contributed by atoms with Crippen LogP contribution < -0.4 is 9.47 Å². The quantitative estimate of drug-likeness (QED) is 0.329. The molecular weight excluding hydrogens is 451 g/mol. The predicted octanol–water partition coefficient (Wildman–Crippen LogP) is 5.94. The van der Waals surface area contributed by atoms with Gasteiger partial charge >= 0.3 is 5.97 Å². The van der Waals surface area contributed by atoms with Gasteiger partial charge in [-0.2, -0.15) is 5.10 Å². The molecule has 0 bridgehead atoms. The van der Waals surface area contributed by atoms with E-state index in [-0.39, 0.29) is 12.2 Å². The zero-order chi connectivity index (χ0) is 24.1. The minimum Gasteiger partial charge on any atom is -0.485 e. The summed E-state index contributed by atoms with van der Waals surface area (Å²) in [5.41, 5.74) is 3.36. The van der Waals surface area contributed by atoms with Crippen molar-refractivity contribution in [1.29, 1.82) is 0 Å². The molecule has 8 heteroatoms. The van der Waals surface area contributed by atoms with Gasteiger partial charge in [0.1, 0.15) is 34.8 Å². The van der Waals surface area contributed by atoms with Crippen molar-refractivity contribution in [2.45, 2.75) is 25.4 Å². The van der Waals surface area contributed by atoms with Crippen LogP contribution in [0.4, 0.5) is 4.39 Å². The van der Waals surface area contributed by atoms with E-state index in [9.17, 15) is 9.18 Å². The van der Waals surface area contributed by atoms with Gasteiger partial charge in [-0.15, -0.1) is 0 Å². The second-order valence-electron chi connectivity index (χ2n) is 8.66. The molecule has 5 aromatic rings. The molecule has 2 heterocycles. The van der Waals surface area contributed by atoms with E-state index in [0.29, 0.717) is 46.8 Å². The third kappa shape index (κ3) is 3.77. The summed E-state index contributed by atoms with van der Waals surface area (Å²) in [6.45, 7) is 0. The molecule has 1 N–H and O–H groups in total. The Bertz CT molecular complexity index is 1600. The predicted molar refractivity (Wildman–Crippen MR) is 126 cm³/mol. The summed E-state index contributed by atoms with van der Waals surface area (Å²) in [4.78, 5) is 11.0. The summed E-state index contributed by atoms with van der Waals surface area (Å²) in [7, 11) is 1.87. The number of carboxylic acid groups (broad SMARTS) is 1. The van der Waals surface area contributed by atoms with Crippen LogP contribution >= 0.6 is 0 Å². The third-order valence-corrected chi connectivity index (χ3v) is 6.43. The Hall–Kier alpha value is -4.33. The van der Waals surface area contributed by atoms with Crippen LogP contribution in [0.3, 0.4) is 0 Å². The molecule has 6 rings (SSSR count). The molecule has 35 heavy (non-hydrogen) atoms. The van der Waals surface area contributed by atoms with E-state index in [1.165, 1.54) is 12.3 Å². The van der Waals surface area contributed by atoms with Gasteiger partial charge in [0.25, 0.3) is 0 Å². The van der Waals surface area contributed by atoms with Gasteiger partial charge in [-0.25, -0.2) is 4.39 Å². The number of halogens is 1. The SMILES string of the molecule is Cn1ncc2ccc(Oc3ccc(F)c4c3CCC4Oc3ccc4c(CC(=O)O)coc4c3)cc21. The first-order valence-electron chi connectivity index (χ1n) is 11.3. The molecular formula is C27H21FN2O5. The number of nitrogens with zero attached hydrogens (tertiary/aromatic N) is 2. The Kier molecular flexibility index (Phi) is 4.95. The number of carbonyl (C=O) groups is 1. The van der Waals surface area contributed by atoms with Crippen molar-refractivity contribution in [3.63, 3.8) is 0 Å². The molecule has 1 aliphatic rings. The molecule has 2 aromatic heterocycles. The van der Waals surface area contributed by atoms with Crippen molar-refractivity contribution in [3.05, 3.63) is 83.5 Å². The lowest BCUT2D eigenvalue weighted by Gasteiger charge is -2.17. The van der Waals surface area contributed by atoms with Crippen molar-refractivity contribution in [2.75, 3.05) is 0 Å². The first-order valence-corrected chi connectivity index (χ1v) is 11.3. The number of aromatic nitrogens is 2. The Morgan fingerprint density at radius 1 is 1.20 bits per heavy atom. The third-order valence-electron chi connectivity index (χ3n) is 6.43. The van der Waals surface area contributed by atoms with Gasteiger partial charge in [0.15, 0.2) is 0 Å². The smallest absolute Gasteiger partial charge is 0.307 e. The average Bonchev–Trinajstić information content (AvgIpc) is 3.54. The number of hydrogen-bond acceptors (Lipinski definition) is 5. The Morgan fingerprint density at radius 2 is 2.06 bits per heavy atom. The van der Waals surface area contributed by atoms with Crippen LogP contribution in [-0.2, 0) is 24.7 Å². The first-order chi connectivity index (χ1) is 17.0. The van der Waals surface area contributed by atoms with Crippen molar-refractivity contribution in [1.82, 2.24) is 9.78 Å². The highest BCUT2D eigenvalue weighted by atomic mass is 19.1. The number of carboxylic acids is 1. The maximum Gasteiger partial charge on any atom is 0.307 e. The summed E-state index contributed by atoms with van der Waals surface area (Å²) < 4.78 is 34.6. The van der Waals surface area contributed by atoms with Crippen molar-refractivity contribution < 1.29 is 28.2 Å². The number of ether oxygens (including phenoxy) is 2. The molecule has 3 aromatic carbocycles. The van der Waals surface area contributed by atoms with Crippen LogP contribution in [0.2, 0.25) is 0 Å². The lowest BCUT2D eigenvalue weighted by Crippen LogP contribution is -2.06. The van der Waals surface area contributed by atoms with Gasteiger partial charge in [-0.1, -0.05) is 0 Å². The maximum atomic E-state index is 14.9. The molecule has 7 nitrogen and oxygen atoms in total. The molecule has 176 valence electrons. The Morgan fingerprint density at radius 3 is 2.91 bits per heavy atom. The number of aliphatic carboxylic acids is 1. The fourth-order valence-corrected chi connectivity index (χ4v) is 4.77. The fraction of sp³-hybridized carbons (Fsp3) is 0.185. The molecule has 1 unspecified atom stereocenters. The Labute approximate surface area is 199 Å². The summed E-state index contributed by atoms with van der Waals surface area (Å²) in [5, 5.41) is 15.1. The number of aryl methyl sites for hydroxylation is 1. The molecule has 0 spiro atoms. The van der Waals surface area contributed by atoms with Crippen LogP contribution in [0, 0.1) is 5.82 Å². The van der Waals surface area contributed by atoms with Crippen LogP contribution in [0.1, 0.15) is 29.2 Å². The molecule has 0 amide bonds. The van der Waals surface area contributed by atoms with Crippen molar-refractivity contribution in [3.8, 4) is 17.2 Å². The number of rotatable bonds is 6. The van der Waals surface area contributed by atoms with Crippen molar-refractivity contribution in [2.24, 2.45) is 7.05 Å². The van der Waals surface area contributed by atoms with E-state index in [4.69, 9.17) is 19.0 Å². The topological polar surface area (TPSA) is 86.7 Å². The zero-order valence-electron chi connectivity index (χ0n) is 18.8. The minimum absolute atomic E-state index is 0.120. The highest BCUT2D eigenvalue weighted by Crippen LogP contribution is 2.43. The lowest BCUT2D eigenvalue weighted by molar-refractivity contribution is -0.136. The number of hydrogen-bond donors (Lipinski definition) is 1. The highest BCUT2D eigenvalue weighted by Gasteiger charge is 2.31. The van der Waals surface area contributed by atoms with E-state index in [1.807, 2.05) is 25.2 Å². The van der Waals surface area contributed by atoms with E-state index in [2.05, 4.69) is 5.10 Å². The fourth-order valence-electron chi connectivity index (χ4n) is 4.77. The van der Waals surface area contributed by atoms with Crippen molar-refractivity contribution >= 4 is 27.8 Å². The number of benzene rings is 3. The normalized spacial score (nSPS) is 15.0. The second-order valence-corrected chi connectivity index (χ2v) is 8.66. The number of fused-ring (bicyclic) bond motifs is 3. The van der Waals surface area contributed by atoms with Crippen LogP contribution in [0.5, 0.6) is 17.2 Å². The molecule has 0 radical (unpaired) electrons. The standard InChI is InChI=1S/C27H21FN2O5/c1-30-22-11-17(3-2-15(22)13-29-30)34-23-9-7-21(28)27-20(23)6-8-24(27)35-18-4-5-19-16(10-26(31)32)14-33-25(19)12-18/h2-5,7,9,11-14,24H,6,8,10H2,1H3,(H,31,32). The first kappa shape index (κ1) is 21.2. The summed E-state index contributed by atoms with van der Waals surface area (Å²) in [5.74, 6) is 0.525. The molecule has 1 atom stereocenters. The zero-order valence-corrected chi connectivity index (χ0v) is 18.8. The van der Waals surface area contributed by atoms with Gasteiger partial charge in [0.2, 0.25) is 0 Å². The minimum atomic E-state index is -0.927. The van der Waals surface area contributed by atoms with Crippen LogP contribution in [0.15, 0.2) is 65.4 Å². The molecule has 0 fully saturated rings. The summed E-state index contributed by atoms with van der Waals surface area (Å²) in [6, 6.07) is 14.0. The highest BCUT2D eigenvalue weighted by molar-refractivity contribution is 5.86. The molecule has 1 aliphatic carbocycles. The molecule has 0 saturated heterocycles. The summed E-state index contributed by atoms with van der Waals surface area (Å²) in [6.07, 6.45) is 3.87. The maximum absolute atomic E-state index is 14.9. The summed E-state index contributed by atoms with van der Waals surface area (Å²) >= 11 is 0. The molecule has 0 aliphatic heterocycles. The average molecular weight is 472 g/mol. The van der Waals surface area contributed by atoms with Gasteiger partial charge in [-0.3, -0.25) is 9.48 Å². The van der Waals surface area contributed by atoms with Crippen LogP contribution in [-0.4, -0.2) is 20.9 Å². The van der Waals surface area contributed by atoms with E-state index in [1.54, 1.807) is 35.1 Å². The second kappa shape index (κ2) is 8.16. The van der Waals surface area contributed by atoms with Gasteiger partial charge in [-0.05, 0) is 49.2 Å². The van der Waals surface area contributed by atoms with Crippen LogP contribution in [0.25, 0.3) is 21.9 Å². The van der Waals surface area contributed by atoms with E-state index >= 15 is 0 Å². The van der Waals surface area contributed by atoms with Gasteiger partial charge in [0, 0.05) is 46.6 Å². The Balaban J connectivity index is 1.27. The van der Waals surface area contributed by atoms with E-state index in [0.717, 1.165) is 21.9 Å². The molecule has 0 saturated carbocycles. The number of furan rings is 1. The monoisotopic (exact) mass is 472 g/mol. The van der Waals surface area contributed by atoms with E-state index < -0.39 is 12.1 Å². The lowest BCUT2D eigenvalue weighted by atomic mass is 10.1. The van der Waals surface area contributed by atoms with Gasteiger partial charge < -0.3 is 19.0 Å². The largest absolute Gasteiger partial charge is 0.485 e.